The number of benzene rings is 3. The van der Waals surface area contributed by atoms with Crippen molar-refractivity contribution in [1.82, 2.24) is 0 Å². The Morgan fingerprint density at radius 2 is 0.913 bits per heavy atom. The normalized spacial score (nSPS) is 11.1. The molecule has 3 rings (SSSR count). The van der Waals surface area contributed by atoms with Crippen LogP contribution >= 0.6 is 0 Å². The van der Waals surface area contributed by atoms with E-state index in [9.17, 15) is 0 Å². The van der Waals surface area contributed by atoms with Gasteiger partial charge in [-0.3, -0.25) is 4.90 Å². The first-order chi connectivity index (χ1) is 11.4. The van der Waals surface area contributed by atoms with Crippen LogP contribution in [0.25, 0.3) is 0 Å². The molecule has 0 amide bonds. The topological polar surface area (TPSA) is 28.0 Å². The Labute approximate surface area is 136 Å². The minimum Gasteiger partial charge on any atom is -0.291 e. The van der Waals surface area contributed by atoms with E-state index in [1.54, 1.807) is 12.7 Å². The molecule has 0 radical (unpaired) electrons. The molecule has 0 aliphatic carbocycles. The van der Waals surface area contributed by atoms with Gasteiger partial charge >= 0.3 is 0 Å². The van der Waals surface area contributed by atoms with Crippen molar-refractivity contribution < 1.29 is 0 Å². The summed E-state index contributed by atoms with van der Waals surface area (Å²) in [5.41, 5.74) is 2.81. The van der Waals surface area contributed by atoms with Crippen LogP contribution in [0.3, 0.4) is 0 Å². The molecule has 0 heterocycles. The molecular formula is C20H17N3. The predicted octanol–water partition coefficient (Wildman–Crippen LogP) is 5.21. The number of anilines is 1. The lowest BCUT2D eigenvalue weighted by molar-refractivity contribution is 1.41. The van der Waals surface area contributed by atoms with E-state index in [1.165, 1.54) is 0 Å². The molecule has 0 aliphatic rings. The largest absolute Gasteiger partial charge is 0.291 e. The van der Waals surface area contributed by atoms with Crippen molar-refractivity contribution in [2.45, 2.75) is 0 Å². The molecule has 3 aromatic carbocycles. The third kappa shape index (κ3) is 4.38. The van der Waals surface area contributed by atoms with Crippen molar-refractivity contribution in [2.24, 2.45) is 9.98 Å². The van der Waals surface area contributed by atoms with E-state index < -0.39 is 0 Å². The van der Waals surface area contributed by atoms with Gasteiger partial charge in [0.05, 0.1) is 11.4 Å². The summed E-state index contributed by atoms with van der Waals surface area (Å²) in [6, 6.07) is 29.7. The summed E-state index contributed by atoms with van der Waals surface area (Å²) in [6.45, 7) is 0. The third-order valence-electron chi connectivity index (χ3n) is 3.23. The molecular weight excluding hydrogens is 282 g/mol. The molecule has 112 valence electrons. The van der Waals surface area contributed by atoms with Crippen molar-refractivity contribution in [2.75, 3.05) is 4.90 Å². The molecule has 23 heavy (non-hydrogen) atoms. The quantitative estimate of drug-likeness (QED) is 0.469. The Kier molecular flexibility index (Phi) is 4.93. The van der Waals surface area contributed by atoms with Gasteiger partial charge in [0.1, 0.15) is 12.7 Å². The van der Waals surface area contributed by atoms with Crippen LogP contribution in [0.4, 0.5) is 17.1 Å². The number of hydrogen-bond donors (Lipinski definition) is 0. The fourth-order valence-corrected chi connectivity index (χ4v) is 2.05. The number of hydrogen-bond acceptors (Lipinski definition) is 2. The lowest BCUT2D eigenvalue weighted by atomic mass is 10.3. The van der Waals surface area contributed by atoms with E-state index in [0.29, 0.717) is 0 Å². The monoisotopic (exact) mass is 299 g/mol. The number of nitrogens with zero attached hydrogens (tertiary/aromatic N) is 3. The number of rotatable bonds is 5. The van der Waals surface area contributed by atoms with E-state index >= 15 is 0 Å². The SMILES string of the molecule is C(=Nc1ccccc1)N(C=Nc1ccccc1)c1ccccc1. The summed E-state index contributed by atoms with van der Waals surface area (Å²) in [7, 11) is 0. The molecule has 0 bridgehead atoms. The highest BCUT2D eigenvalue weighted by atomic mass is 15.2. The maximum absolute atomic E-state index is 4.50. The van der Waals surface area contributed by atoms with Gasteiger partial charge in [0.2, 0.25) is 0 Å². The van der Waals surface area contributed by atoms with E-state index in [4.69, 9.17) is 0 Å². The zero-order chi connectivity index (χ0) is 15.7. The molecule has 0 atom stereocenters. The van der Waals surface area contributed by atoms with Crippen molar-refractivity contribution in [1.29, 1.82) is 0 Å². The first kappa shape index (κ1) is 14.7. The third-order valence-corrected chi connectivity index (χ3v) is 3.23. The first-order valence-electron chi connectivity index (χ1n) is 7.44. The number of para-hydroxylation sites is 3. The van der Waals surface area contributed by atoms with Gasteiger partial charge in [-0.1, -0.05) is 54.6 Å². The highest BCUT2D eigenvalue weighted by Crippen LogP contribution is 2.15. The van der Waals surface area contributed by atoms with Gasteiger partial charge in [-0.25, -0.2) is 9.98 Å². The molecule has 3 aromatic rings. The summed E-state index contributed by atoms with van der Waals surface area (Å²) < 4.78 is 0. The van der Waals surface area contributed by atoms with Gasteiger partial charge in [0, 0.05) is 5.69 Å². The zero-order valence-corrected chi connectivity index (χ0v) is 12.7. The maximum atomic E-state index is 4.50. The predicted molar refractivity (Wildman–Crippen MR) is 98.1 cm³/mol. The van der Waals surface area contributed by atoms with Gasteiger partial charge in [0.15, 0.2) is 0 Å². The van der Waals surface area contributed by atoms with Crippen molar-refractivity contribution in [3.8, 4) is 0 Å². The van der Waals surface area contributed by atoms with Crippen LogP contribution in [-0.2, 0) is 0 Å². The van der Waals surface area contributed by atoms with E-state index in [-0.39, 0.29) is 0 Å². The molecule has 0 spiro atoms. The molecule has 0 aliphatic heterocycles. The van der Waals surface area contributed by atoms with Crippen molar-refractivity contribution in [3.05, 3.63) is 91.0 Å². The molecule has 3 nitrogen and oxygen atoms in total. The summed E-state index contributed by atoms with van der Waals surface area (Å²) >= 11 is 0. The van der Waals surface area contributed by atoms with Gasteiger partial charge in [0.25, 0.3) is 0 Å². The minimum atomic E-state index is 0.904. The number of aliphatic imine (C=N–C) groups is 2. The van der Waals surface area contributed by atoms with Gasteiger partial charge in [-0.2, -0.15) is 0 Å². The van der Waals surface area contributed by atoms with E-state index in [0.717, 1.165) is 17.1 Å². The fraction of sp³-hybridized carbons (Fsp3) is 0. The second kappa shape index (κ2) is 7.71. The molecule has 0 N–H and O–H groups in total. The smallest absolute Gasteiger partial charge is 0.101 e. The molecule has 0 saturated carbocycles. The Bertz CT molecular complexity index is 716. The summed E-state index contributed by atoms with van der Waals surface area (Å²) in [6.07, 6.45) is 3.55. The lowest BCUT2D eigenvalue weighted by Gasteiger charge is -2.13. The Morgan fingerprint density at radius 1 is 0.522 bits per heavy atom. The van der Waals surface area contributed by atoms with Crippen molar-refractivity contribution >= 4 is 29.7 Å². The Balaban J connectivity index is 1.85. The van der Waals surface area contributed by atoms with Crippen LogP contribution < -0.4 is 4.90 Å². The van der Waals surface area contributed by atoms with Gasteiger partial charge in [-0.05, 0) is 36.4 Å². The lowest BCUT2D eigenvalue weighted by Crippen LogP contribution is -2.18. The molecule has 0 aromatic heterocycles. The fourth-order valence-electron chi connectivity index (χ4n) is 2.05. The summed E-state index contributed by atoms with van der Waals surface area (Å²) in [5, 5.41) is 0. The zero-order valence-electron chi connectivity index (χ0n) is 12.7. The standard InChI is InChI=1S/C20H17N3/c1-4-10-18(11-5-1)21-16-23(20-14-8-3-9-15-20)17-22-19-12-6-2-7-13-19/h1-17H. The van der Waals surface area contributed by atoms with Crippen LogP contribution in [0, 0.1) is 0 Å². The average Bonchev–Trinajstić information content (AvgIpc) is 2.64. The highest BCUT2D eigenvalue weighted by molar-refractivity contribution is 6.01. The summed E-state index contributed by atoms with van der Waals surface area (Å²) in [4.78, 5) is 10.9. The van der Waals surface area contributed by atoms with Crippen LogP contribution in [0.5, 0.6) is 0 Å². The Hall–Kier alpha value is -3.20. The Morgan fingerprint density at radius 3 is 1.35 bits per heavy atom. The van der Waals surface area contributed by atoms with Gasteiger partial charge < -0.3 is 0 Å². The molecule has 3 heteroatoms. The van der Waals surface area contributed by atoms with Gasteiger partial charge in [-0.15, -0.1) is 0 Å². The van der Waals surface area contributed by atoms with E-state index in [1.807, 2.05) is 95.9 Å². The maximum Gasteiger partial charge on any atom is 0.101 e. The second-order valence-electron chi connectivity index (χ2n) is 4.90. The average molecular weight is 299 g/mol. The highest BCUT2D eigenvalue weighted by Gasteiger charge is 2.00. The molecule has 0 unspecified atom stereocenters. The van der Waals surface area contributed by atoms with Crippen LogP contribution in [0.2, 0.25) is 0 Å². The first-order valence-corrected chi connectivity index (χ1v) is 7.44. The van der Waals surface area contributed by atoms with Crippen LogP contribution in [-0.4, -0.2) is 12.7 Å². The summed E-state index contributed by atoms with van der Waals surface area (Å²) in [5.74, 6) is 0. The molecule has 0 saturated heterocycles. The molecule has 0 fully saturated rings. The second-order valence-corrected chi connectivity index (χ2v) is 4.90. The van der Waals surface area contributed by atoms with Crippen molar-refractivity contribution in [3.63, 3.8) is 0 Å². The van der Waals surface area contributed by atoms with Crippen LogP contribution in [0.1, 0.15) is 0 Å². The van der Waals surface area contributed by atoms with Crippen LogP contribution in [0.15, 0.2) is 101 Å². The minimum absolute atomic E-state index is 0.904. The van der Waals surface area contributed by atoms with E-state index in [2.05, 4.69) is 9.98 Å².